The number of allylic oxidation sites excluding steroid dienone is 2. The van der Waals surface area contributed by atoms with Crippen molar-refractivity contribution in [1.82, 2.24) is 0 Å². The lowest BCUT2D eigenvalue weighted by molar-refractivity contribution is 0.830. The largest absolute Gasteiger partial charge is 0.0847 e. The molecular formula is C11H11Br. The van der Waals surface area contributed by atoms with Crippen LogP contribution < -0.4 is 0 Å². The Hall–Kier alpha value is -0.560. The van der Waals surface area contributed by atoms with Gasteiger partial charge >= 0.3 is 0 Å². The van der Waals surface area contributed by atoms with Crippen LogP contribution in [0.3, 0.4) is 0 Å². The molecule has 0 amide bonds. The molecule has 0 spiro atoms. The van der Waals surface area contributed by atoms with Crippen LogP contribution in [0, 0.1) is 0 Å². The van der Waals surface area contributed by atoms with Gasteiger partial charge in [0.15, 0.2) is 0 Å². The summed E-state index contributed by atoms with van der Waals surface area (Å²) >= 11 is 3.43. The highest BCUT2D eigenvalue weighted by Crippen LogP contribution is 2.22. The first-order chi connectivity index (χ1) is 5.84. The predicted octanol–water partition coefficient (Wildman–Crippen LogP) is 3.71. The maximum atomic E-state index is 3.43. The minimum absolute atomic E-state index is 1.15. The number of rotatable bonds is 2. The Morgan fingerprint density at radius 1 is 1.17 bits per heavy atom. The normalized spacial score (nSPS) is 15.2. The summed E-state index contributed by atoms with van der Waals surface area (Å²) in [6, 6.07) is 8.58. The molecule has 0 aromatic heterocycles. The minimum atomic E-state index is 1.15. The van der Waals surface area contributed by atoms with Gasteiger partial charge in [-0.3, -0.25) is 0 Å². The minimum Gasteiger partial charge on any atom is -0.0847 e. The Balaban J connectivity index is 2.08. The molecular weight excluding hydrogens is 212 g/mol. The Morgan fingerprint density at radius 2 is 1.83 bits per heavy atom. The first-order valence-electron chi connectivity index (χ1n) is 4.27. The average Bonchev–Trinajstić information content (AvgIpc) is 2.00. The molecule has 1 aliphatic carbocycles. The van der Waals surface area contributed by atoms with Gasteiger partial charge in [-0.1, -0.05) is 39.7 Å². The maximum Gasteiger partial charge on any atom is 0.0175 e. The fraction of sp³-hybridized carbons (Fsp3) is 0.273. The molecule has 12 heavy (non-hydrogen) atoms. The van der Waals surface area contributed by atoms with Gasteiger partial charge in [-0.15, -0.1) is 0 Å². The van der Waals surface area contributed by atoms with Gasteiger partial charge in [-0.05, 0) is 37.0 Å². The summed E-state index contributed by atoms with van der Waals surface area (Å²) in [7, 11) is 0. The van der Waals surface area contributed by atoms with Crippen LogP contribution in [-0.4, -0.2) is 0 Å². The smallest absolute Gasteiger partial charge is 0.0175 e. The summed E-state index contributed by atoms with van der Waals surface area (Å²) in [6.45, 7) is 0. The fourth-order valence-corrected chi connectivity index (χ4v) is 1.64. The third kappa shape index (κ3) is 1.78. The Labute approximate surface area is 81.4 Å². The SMILES string of the molecule is Brc1ccc(CC2=CCC2)cc1. The van der Waals surface area contributed by atoms with Gasteiger partial charge in [0.25, 0.3) is 0 Å². The second-order valence-corrected chi connectivity index (χ2v) is 4.12. The van der Waals surface area contributed by atoms with Crippen LogP contribution in [0.5, 0.6) is 0 Å². The van der Waals surface area contributed by atoms with Crippen molar-refractivity contribution in [3.8, 4) is 0 Å². The van der Waals surface area contributed by atoms with E-state index in [1.165, 1.54) is 18.4 Å². The molecule has 1 heteroatoms. The molecule has 0 fully saturated rings. The topological polar surface area (TPSA) is 0 Å². The zero-order valence-corrected chi connectivity index (χ0v) is 8.47. The number of halogens is 1. The molecule has 0 unspecified atom stereocenters. The van der Waals surface area contributed by atoms with E-state index in [1.807, 2.05) is 0 Å². The maximum absolute atomic E-state index is 3.43. The highest BCUT2D eigenvalue weighted by Gasteiger charge is 2.05. The van der Waals surface area contributed by atoms with Crippen molar-refractivity contribution in [2.45, 2.75) is 19.3 Å². The zero-order chi connectivity index (χ0) is 8.39. The summed E-state index contributed by atoms with van der Waals surface area (Å²) in [6.07, 6.45) is 6.07. The molecule has 0 N–H and O–H groups in total. The molecule has 0 nitrogen and oxygen atoms in total. The van der Waals surface area contributed by atoms with Gasteiger partial charge < -0.3 is 0 Å². The van der Waals surface area contributed by atoms with Gasteiger partial charge in [-0.25, -0.2) is 0 Å². The van der Waals surface area contributed by atoms with Crippen molar-refractivity contribution in [2.24, 2.45) is 0 Å². The van der Waals surface area contributed by atoms with E-state index < -0.39 is 0 Å². The van der Waals surface area contributed by atoms with Crippen LogP contribution in [0.15, 0.2) is 40.4 Å². The van der Waals surface area contributed by atoms with E-state index >= 15 is 0 Å². The lowest BCUT2D eigenvalue weighted by atomic mass is 9.93. The zero-order valence-electron chi connectivity index (χ0n) is 6.89. The monoisotopic (exact) mass is 222 g/mol. The summed E-state index contributed by atoms with van der Waals surface area (Å²) in [5, 5.41) is 0. The summed E-state index contributed by atoms with van der Waals surface area (Å²) < 4.78 is 1.16. The molecule has 0 heterocycles. The highest BCUT2D eigenvalue weighted by molar-refractivity contribution is 9.10. The van der Waals surface area contributed by atoms with Crippen molar-refractivity contribution in [2.75, 3.05) is 0 Å². The summed E-state index contributed by atoms with van der Waals surface area (Å²) in [4.78, 5) is 0. The van der Waals surface area contributed by atoms with Gasteiger partial charge in [-0.2, -0.15) is 0 Å². The molecule has 1 aromatic carbocycles. The Morgan fingerprint density at radius 3 is 2.33 bits per heavy atom. The number of benzene rings is 1. The standard InChI is InChI=1S/C11H11Br/c12-11-6-4-10(5-7-11)8-9-2-1-3-9/h2,4-7H,1,3,8H2. The van der Waals surface area contributed by atoms with E-state index in [2.05, 4.69) is 46.3 Å². The fourth-order valence-electron chi connectivity index (χ4n) is 1.37. The van der Waals surface area contributed by atoms with Crippen molar-refractivity contribution >= 4 is 15.9 Å². The van der Waals surface area contributed by atoms with Crippen LogP contribution >= 0.6 is 15.9 Å². The Bertz CT molecular complexity index is 295. The molecule has 0 atom stereocenters. The molecule has 62 valence electrons. The quantitative estimate of drug-likeness (QED) is 0.670. The van der Waals surface area contributed by atoms with Gasteiger partial charge in [0, 0.05) is 4.47 Å². The molecule has 0 radical (unpaired) electrons. The first kappa shape index (κ1) is 8.06. The molecule has 0 saturated heterocycles. The molecule has 1 aliphatic rings. The number of hydrogen-bond acceptors (Lipinski definition) is 0. The van der Waals surface area contributed by atoms with E-state index in [0.717, 1.165) is 10.9 Å². The molecule has 1 aromatic rings. The van der Waals surface area contributed by atoms with Gasteiger partial charge in [0.2, 0.25) is 0 Å². The molecule has 0 bridgehead atoms. The van der Waals surface area contributed by atoms with Crippen molar-refractivity contribution in [1.29, 1.82) is 0 Å². The summed E-state index contributed by atoms with van der Waals surface area (Å²) in [5.74, 6) is 0. The van der Waals surface area contributed by atoms with E-state index in [0.29, 0.717) is 0 Å². The summed E-state index contributed by atoms with van der Waals surface area (Å²) in [5.41, 5.74) is 3.02. The van der Waals surface area contributed by atoms with Crippen molar-refractivity contribution in [3.05, 3.63) is 46.0 Å². The van der Waals surface area contributed by atoms with E-state index in [-0.39, 0.29) is 0 Å². The molecule has 0 saturated carbocycles. The van der Waals surface area contributed by atoms with Crippen LogP contribution in [0.4, 0.5) is 0 Å². The van der Waals surface area contributed by atoms with E-state index in [4.69, 9.17) is 0 Å². The highest BCUT2D eigenvalue weighted by atomic mass is 79.9. The first-order valence-corrected chi connectivity index (χ1v) is 5.06. The van der Waals surface area contributed by atoms with E-state index in [1.54, 1.807) is 5.57 Å². The third-order valence-corrected chi connectivity index (χ3v) is 2.77. The van der Waals surface area contributed by atoms with Crippen molar-refractivity contribution in [3.63, 3.8) is 0 Å². The second kappa shape index (κ2) is 3.44. The van der Waals surface area contributed by atoms with Crippen molar-refractivity contribution < 1.29 is 0 Å². The molecule has 0 aliphatic heterocycles. The van der Waals surface area contributed by atoms with Gasteiger partial charge in [0.1, 0.15) is 0 Å². The predicted molar refractivity (Wildman–Crippen MR) is 55.2 cm³/mol. The Kier molecular flexibility index (Phi) is 2.31. The van der Waals surface area contributed by atoms with Gasteiger partial charge in [0.05, 0.1) is 0 Å². The van der Waals surface area contributed by atoms with Crippen LogP contribution in [-0.2, 0) is 6.42 Å². The molecule has 2 rings (SSSR count). The average molecular weight is 223 g/mol. The van der Waals surface area contributed by atoms with E-state index in [9.17, 15) is 0 Å². The number of hydrogen-bond donors (Lipinski definition) is 0. The second-order valence-electron chi connectivity index (χ2n) is 3.20. The van der Waals surface area contributed by atoms with Crippen LogP contribution in [0.1, 0.15) is 18.4 Å². The lowest BCUT2D eigenvalue weighted by Crippen LogP contribution is -1.97. The van der Waals surface area contributed by atoms with Crippen LogP contribution in [0.25, 0.3) is 0 Å². The third-order valence-electron chi connectivity index (χ3n) is 2.24. The lowest BCUT2D eigenvalue weighted by Gasteiger charge is -2.13. The van der Waals surface area contributed by atoms with Crippen LogP contribution in [0.2, 0.25) is 0 Å².